The maximum Gasteiger partial charge on any atom is 0.336 e. The summed E-state index contributed by atoms with van der Waals surface area (Å²) in [5.41, 5.74) is 1.07. The number of likely N-dealkylation sites (tertiary alicyclic amines) is 1. The fourth-order valence-electron chi connectivity index (χ4n) is 2.96. The van der Waals surface area contributed by atoms with Gasteiger partial charge in [0.1, 0.15) is 11.3 Å². The molecular formula is C16H19NO3. The number of fused-ring (bicyclic) bond motifs is 1. The summed E-state index contributed by atoms with van der Waals surface area (Å²) in [6.07, 6.45) is 3.70. The molecule has 0 radical (unpaired) electrons. The standard InChI is InChI=1S/C16H19NO3/c1-11-4-2-3-7-17(11)10-12-8-16(19)20-15-9-13(18)5-6-14(12)15/h5-6,8-9,11,18H,2-4,7,10H2,1H3/t11-/m1/s1. The maximum atomic E-state index is 11.7. The van der Waals surface area contributed by atoms with E-state index < -0.39 is 0 Å². The fourth-order valence-corrected chi connectivity index (χ4v) is 2.96. The van der Waals surface area contributed by atoms with Gasteiger partial charge in [0.25, 0.3) is 0 Å². The van der Waals surface area contributed by atoms with Gasteiger partial charge in [-0.1, -0.05) is 6.42 Å². The summed E-state index contributed by atoms with van der Waals surface area (Å²) in [7, 11) is 0. The largest absolute Gasteiger partial charge is 0.508 e. The molecule has 1 aromatic heterocycles. The van der Waals surface area contributed by atoms with Gasteiger partial charge in [0, 0.05) is 30.1 Å². The summed E-state index contributed by atoms with van der Waals surface area (Å²) in [5, 5.41) is 10.4. The molecule has 2 aromatic rings. The number of benzene rings is 1. The minimum absolute atomic E-state index is 0.115. The third-order valence-corrected chi connectivity index (χ3v) is 4.13. The SMILES string of the molecule is C[C@@H]1CCCCN1Cc1cc(=O)oc2cc(O)ccc12. The van der Waals surface area contributed by atoms with Crippen molar-refractivity contribution in [3.8, 4) is 5.75 Å². The van der Waals surface area contributed by atoms with Crippen molar-refractivity contribution in [1.82, 2.24) is 4.90 Å². The first-order valence-corrected chi connectivity index (χ1v) is 7.13. The lowest BCUT2D eigenvalue weighted by Gasteiger charge is -2.33. The van der Waals surface area contributed by atoms with E-state index in [9.17, 15) is 9.90 Å². The Kier molecular flexibility index (Phi) is 3.49. The minimum atomic E-state index is -0.359. The van der Waals surface area contributed by atoms with E-state index in [-0.39, 0.29) is 11.4 Å². The molecule has 0 spiro atoms. The van der Waals surface area contributed by atoms with Crippen LogP contribution in [0.5, 0.6) is 5.75 Å². The predicted molar refractivity (Wildman–Crippen MR) is 77.9 cm³/mol. The van der Waals surface area contributed by atoms with Gasteiger partial charge in [0.2, 0.25) is 0 Å². The van der Waals surface area contributed by atoms with Gasteiger partial charge >= 0.3 is 5.63 Å². The van der Waals surface area contributed by atoms with E-state index in [4.69, 9.17) is 4.42 Å². The van der Waals surface area contributed by atoms with Crippen LogP contribution in [0.2, 0.25) is 0 Å². The minimum Gasteiger partial charge on any atom is -0.508 e. The molecule has 1 aliphatic heterocycles. The van der Waals surface area contributed by atoms with Crippen LogP contribution in [0.25, 0.3) is 11.0 Å². The molecule has 4 nitrogen and oxygen atoms in total. The number of phenolic OH excluding ortho intramolecular Hbond substituents is 1. The number of hydrogen-bond donors (Lipinski definition) is 1. The highest BCUT2D eigenvalue weighted by molar-refractivity contribution is 5.81. The van der Waals surface area contributed by atoms with Crippen LogP contribution in [0, 0.1) is 0 Å². The summed E-state index contributed by atoms with van der Waals surface area (Å²) < 4.78 is 5.17. The first kappa shape index (κ1) is 13.2. The van der Waals surface area contributed by atoms with Crippen molar-refractivity contribution in [2.45, 2.75) is 38.8 Å². The summed E-state index contributed by atoms with van der Waals surface area (Å²) >= 11 is 0. The molecule has 1 fully saturated rings. The van der Waals surface area contributed by atoms with Crippen molar-refractivity contribution in [1.29, 1.82) is 0 Å². The maximum absolute atomic E-state index is 11.7. The summed E-state index contributed by atoms with van der Waals surface area (Å²) in [6.45, 7) is 4.06. The Bertz CT molecular complexity index is 677. The van der Waals surface area contributed by atoms with Gasteiger partial charge in [-0.15, -0.1) is 0 Å². The summed E-state index contributed by atoms with van der Waals surface area (Å²) in [5.74, 6) is 0.115. The fraction of sp³-hybridized carbons (Fsp3) is 0.438. The third kappa shape index (κ3) is 2.56. The molecule has 106 valence electrons. The van der Waals surface area contributed by atoms with Crippen LogP contribution in [0.15, 0.2) is 33.5 Å². The van der Waals surface area contributed by atoms with E-state index in [1.54, 1.807) is 12.1 Å². The molecule has 1 saturated heterocycles. The Hall–Kier alpha value is -1.81. The Labute approximate surface area is 117 Å². The first-order valence-electron chi connectivity index (χ1n) is 7.13. The van der Waals surface area contributed by atoms with E-state index >= 15 is 0 Å². The van der Waals surface area contributed by atoms with E-state index in [0.29, 0.717) is 11.6 Å². The van der Waals surface area contributed by atoms with Gasteiger partial charge < -0.3 is 9.52 Å². The first-order chi connectivity index (χ1) is 9.63. The Morgan fingerprint density at radius 3 is 3.00 bits per heavy atom. The molecule has 3 rings (SSSR count). The zero-order valence-electron chi connectivity index (χ0n) is 11.6. The van der Waals surface area contributed by atoms with Crippen molar-refractivity contribution >= 4 is 11.0 Å². The van der Waals surface area contributed by atoms with Crippen LogP contribution < -0.4 is 5.63 Å². The van der Waals surface area contributed by atoms with Gasteiger partial charge in [-0.05, 0) is 44.0 Å². The van der Waals surface area contributed by atoms with Gasteiger partial charge in [-0.2, -0.15) is 0 Å². The normalized spacial score (nSPS) is 20.4. The number of piperidine rings is 1. The zero-order valence-corrected chi connectivity index (χ0v) is 11.6. The number of rotatable bonds is 2. The number of aromatic hydroxyl groups is 1. The highest BCUT2D eigenvalue weighted by Crippen LogP contribution is 2.25. The van der Waals surface area contributed by atoms with E-state index in [0.717, 1.165) is 24.0 Å². The monoisotopic (exact) mass is 273 g/mol. The van der Waals surface area contributed by atoms with Crippen LogP contribution in [0.4, 0.5) is 0 Å². The molecule has 1 atom stereocenters. The molecule has 1 aliphatic rings. The topological polar surface area (TPSA) is 53.7 Å². The average molecular weight is 273 g/mol. The quantitative estimate of drug-likeness (QED) is 0.855. The van der Waals surface area contributed by atoms with Gasteiger partial charge in [0.05, 0.1) is 0 Å². The molecule has 4 heteroatoms. The van der Waals surface area contributed by atoms with Gasteiger partial charge in [-0.25, -0.2) is 4.79 Å². The lowest BCUT2D eigenvalue weighted by Crippen LogP contribution is -2.36. The van der Waals surface area contributed by atoms with Crippen LogP contribution in [0.3, 0.4) is 0 Å². The van der Waals surface area contributed by atoms with Crippen molar-refractivity contribution in [2.75, 3.05) is 6.54 Å². The Morgan fingerprint density at radius 2 is 2.20 bits per heavy atom. The molecule has 0 aliphatic carbocycles. The lowest BCUT2D eigenvalue weighted by atomic mass is 10.0. The molecule has 0 amide bonds. The highest BCUT2D eigenvalue weighted by Gasteiger charge is 2.19. The molecule has 0 bridgehead atoms. The molecule has 1 N–H and O–H groups in total. The number of nitrogens with zero attached hydrogens (tertiary/aromatic N) is 1. The molecule has 2 heterocycles. The molecule has 0 unspecified atom stereocenters. The van der Waals surface area contributed by atoms with Gasteiger partial charge in [-0.3, -0.25) is 4.90 Å². The zero-order chi connectivity index (χ0) is 14.1. The Balaban J connectivity index is 2.00. The number of hydrogen-bond acceptors (Lipinski definition) is 4. The molecule has 20 heavy (non-hydrogen) atoms. The second kappa shape index (κ2) is 5.29. The van der Waals surface area contributed by atoms with Gasteiger partial charge in [0.15, 0.2) is 0 Å². The van der Waals surface area contributed by atoms with E-state index in [1.807, 2.05) is 6.07 Å². The highest BCUT2D eigenvalue weighted by atomic mass is 16.4. The summed E-state index contributed by atoms with van der Waals surface area (Å²) in [4.78, 5) is 14.1. The molecule has 1 aromatic carbocycles. The smallest absolute Gasteiger partial charge is 0.336 e. The summed E-state index contributed by atoms with van der Waals surface area (Å²) in [6, 6.07) is 7.06. The van der Waals surface area contributed by atoms with E-state index in [2.05, 4.69) is 11.8 Å². The molecule has 0 saturated carbocycles. The van der Waals surface area contributed by atoms with E-state index in [1.165, 1.54) is 25.3 Å². The van der Waals surface area contributed by atoms with Crippen molar-refractivity contribution < 1.29 is 9.52 Å². The lowest BCUT2D eigenvalue weighted by molar-refractivity contribution is 0.153. The second-order valence-corrected chi connectivity index (χ2v) is 5.59. The van der Waals surface area contributed by atoms with Crippen LogP contribution >= 0.6 is 0 Å². The van der Waals surface area contributed by atoms with Crippen molar-refractivity contribution in [3.63, 3.8) is 0 Å². The van der Waals surface area contributed by atoms with Crippen molar-refractivity contribution in [3.05, 3.63) is 40.2 Å². The second-order valence-electron chi connectivity index (χ2n) is 5.59. The van der Waals surface area contributed by atoms with Crippen LogP contribution in [-0.4, -0.2) is 22.6 Å². The van der Waals surface area contributed by atoms with Crippen LogP contribution in [-0.2, 0) is 6.54 Å². The predicted octanol–water partition coefficient (Wildman–Crippen LogP) is 2.87. The number of phenols is 1. The Morgan fingerprint density at radius 1 is 1.35 bits per heavy atom. The average Bonchev–Trinajstić information content (AvgIpc) is 2.40. The third-order valence-electron chi connectivity index (χ3n) is 4.13. The molecular weight excluding hydrogens is 254 g/mol. The van der Waals surface area contributed by atoms with Crippen LogP contribution in [0.1, 0.15) is 31.7 Å². The van der Waals surface area contributed by atoms with Crippen molar-refractivity contribution in [2.24, 2.45) is 0 Å².